The number of benzene rings is 2. The van der Waals surface area contributed by atoms with Gasteiger partial charge in [0.1, 0.15) is 0 Å². The number of nitriles is 1. The number of rotatable bonds is 2. The Bertz CT molecular complexity index is 635. The van der Waals surface area contributed by atoms with Gasteiger partial charge in [-0.15, -0.1) is 0 Å². The molecule has 0 saturated carbocycles. The summed E-state index contributed by atoms with van der Waals surface area (Å²) in [6.07, 6.45) is 0. The monoisotopic (exact) mass is 321 g/mol. The normalized spacial score (nSPS) is 9.83. The fraction of sp³-hybridized carbons (Fsp3) is 0. The number of anilines is 3. The summed E-state index contributed by atoms with van der Waals surface area (Å²) in [5, 5.41) is 12.5. The lowest BCUT2D eigenvalue weighted by Crippen LogP contribution is -1.94. The zero-order chi connectivity index (χ0) is 13.1. The van der Waals surface area contributed by atoms with Gasteiger partial charge >= 0.3 is 0 Å². The molecule has 90 valence electrons. The molecule has 0 atom stereocenters. The van der Waals surface area contributed by atoms with Crippen LogP contribution in [0.4, 0.5) is 17.1 Å². The average molecular weight is 323 g/mol. The first-order valence-corrected chi connectivity index (χ1v) is 6.29. The molecule has 0 aliphatic heterocycles. The van der Waals surface area contributed by atoms with E-state index >= 15 is 0 Å². The van der Waals surface area contributed by atoms with Crippen molar-refractivity contribution in [2.45, 2.75) is 0 Å². The molecule has 0 unspecified atom stereocenters. The van der Waals surface area contributed by atoms with Crippen LogP contribution in [-0.4, -0.2) is 0 Å². The van der Waals surface area contributed by atoms with Crippen molar-refractivity contribution >= 4 is 44.6 Å². The summed E-state index contributed by atoms with van der Waals surface area (Å²) in [7, 11) is 0. The van der Waals surface area contributed by atoms with E-state index in [1.54, 1.807) is 30.3 Å². The van der Waals surface area contributed by atoms with E-state index in [2.05, 4.69) is 27.3 Å². The second-order valence-corrected chi connectivity index (χ2v) is 4.93. The Labute approximate surface area is 118 Å². The third kappa shape index (κ3) is 2.76. The minimum absolute atomic E-state index is 0.584. The smallest absolute Gasteiger partial charge is 0.0992 e. The minimum Gasteiger partial charge on any atom is -0.399 e. The molecule has 0 amide bonds. The quantitative estimate of drug-likeness (QED) is 0.810. The second-order valence-electron chi connectivity index (χ2n) is 3.67. The summed E-state index contributed by atoms with van der Waals surface area (Å²) in [5.41, 5.74) is 8.48. The lowest BCUT2D eigenvalue weighted by atomic mass is 10.2. The predicted molar refractivity (Wildman–Crippen MR) is 78.0 cm³/mol. The fourth-order valence-electron chi connectivity index (χ4n) is 1.47. The maximum Gasteiger partial charge on any atom is 0.0992 e. The molecule has 0 radical (unpaired) electrons. The molecule has 0 aliphatic carbocycles. The topological polar surface area (TPSA) is 61.8 Å². The number of hydrogen-bond donors (Lipinski definition) is 2. The molecule has 0 aliphatic rings. The van der Waals surface area contributed by atoms with Crippen LogP contribution in [-0.2, 0) is 0 Å². The molecule has 3 nitrogen and oxygen atoms in total. The summed E-state index contributed by atoms with van der Waals surface area (Å²) in [4.78, 5) is 0. The van der Waals surface area contributed by atoms with Crippen molar-refractivity contribution in [3.05, 3.63) is 51.5 Å². The Balaban J connectivity index is 2.34. The van der Waals surface area contributed by atoms with Gasteiger partial charge < -0.3 is 11.1 Å². The molecule has 0 fully saturated rings. The lowest BCUT2D eigenvalue weighted by Gasteiger charge is -2.11. The van der Waals surface area contributed by atoms with Crippen molar-refractivity contribution in [1.82, 2.24) is 0 Å². The van der Waals surface area contributed by atoms with Crippen LogP contribution in [0.25, 0.3) is 0 Å². The van der Waals surface area contributed by atoms with Crippen molar-refractivity contribution < 1.29 is 0 Å². The van der Waals surface area contributed by atoms with Gasteiger partial charge in [-0.05, 0) is 52.3 Å². The molecular formula is C13H9BrClN3. The van der Waals surface area contributed by atoms with Crippen LogP contribution < -0.4 is 11.1 Å². The van der Waals surface area contributed by atoms with Crippen molar-refractivity contribution in [1.29, 1.82) is 5.26 Å². The molecular weight excluding hydrogens is 314 g/mol. The molecule has 0 aromatic heterocycles. The number of nitrogens with zero attached hydrogens (tertiary/aromatic N) is 1. The van der Waals surface area contributed by atoms with Gasteiger partial charge in [-0.2, -0.15) is 5.26 Å². The maximum absolute atomic E-state index is 8.79. The summed E-state index contributed by atoms with van der Waals surface area (Å²) in [6, 6.07) is 12.6. The summed E-state index contributed by atoms with van der Waals surface area (Å²) in [6.45, 7) is 0. The SMILES string of the molecule is N#Cc1ccc(Nc2cc(N)ccc2Cl)c(Br)c1. The third-order valence-corrected chi connectivity index (χ3v) is 3.34. The van der Waals surface area contributed by atoms with E-state index in [-0.39, 0.29) is 0 Å². The molecule has 18 heavy (non-hydrogen) atoms. The van der Waals surface area contributed by atoms with Gasteiger partial charge in [0.15, 0.2) is 0 Å². The molecule has 2 rings (SSSR count). The highest BCUT2D eigenvalue weighted by Gasteiger charge is 2.05. The van der Waals surface area contributed by atoms with Gasteiger partial charge in [0, 0.05) is 10.2 Å². The van der Waals surface area contributed by atoms with E-state index in [1.807, 2.05) is 6.07 Å². The van der Waals surface area contributed by atoms with E-state index in [4.69, 9.17) is 22.6 Å². The van der Waals surface area contributed by atoms with Crippen LogP contribution in [0.15, 0.2) is 40.9 Å². The Hall–Kier alpha value is -1.70. The molecule has 0 bridgehead atoms. The number of halogens is 2. The van der Waals surface area contributed by atoms with Gasteiger partial charge in [-0.25, -0.2) is 0 Å². The summed E-state index contributed by atoms with van der Waals surface area (Å²) >= 11 is 9.47. The first-order valence-electron chi connectivity index (χ1n) is 5.12. The highest BCUT2D eigenvalue weighted by molar-refractivity contribution is 9.10. The van der Waals surface area contributed by atoms with Crippen LogP contribution in [0, 0.1) is 11.3 Å². The highest BCUT2D eigenvalue weighted by atomic mass is 79.9. The van der Waals surface area contributed by atoms with Gasteiger partial charge in [0.2, 0.25) is 0 Å². The fourth-order valence-corrected chi connectivity index (χ4v) is 2.11. The zero-order valence-electron chi connectivity index (χ0n) is 9.24. The molecule has 0 spiro atoms. The number of nitrogens with two attached hydrogens (primary N) is 1. The van der Waals surface area contributed by atoms with E-state index in [0.717, 1.165) is 15.8 Å². The molecule has 3 N–H and O–H groups in total. The summed E-state index contributed by atoms with van der Waals surface area (Å²) in [5.74, 6) is 0. The Morgan fingerprint density at radius 2 is 1.94 bits per heavy atom. The van der Waals surface area contributed by atoms with Crippen LogP contribution in [0.3, 0.4) is 0 Å². The van der Waals surface area contributed by atoms with Crippen molar-refractivity contribution in [2.75, 3.05) is 11.1 Å². The van der Waals surface area contributed by atoms with Crippen molar-refractivity contribution in [3.8, 4) is 6.07 Å². The maximum atomic E-state index is 8.79. The van der Waals surface area contributed by atoms with E-state index in [9.17, 15) is 0 Å². The van der Waals surface area contributed by atoms with Crippen LogP contribution in [0.2, 0.25) is 5.02 Å². The summed E-state index contributed by atoms with van der Waals surface area (Å²) < 4.78 is 0.792. The van der Waals surface area contributed by atoms with E-state index < -0.39 is 0 Å². The van der Waals surface area contributed by atoms with Gasteiger partial charge in [-0.1, -0.05) is 11.6 Å². The third-order valence-electron chi connectivity index (χ3n) is 2.36. The zero-order valence-corrected chi connectivity index (χ0v) is 11.6. The van der Waals surface area contributed by atoms with Gasteiger partial charge in [0.05, 0.1) is 28.0 Å². The predicted octanol–water partition coefficient (Wildman–Crippen LogP) is 4.30. The van der Waals surface area contributed by atoms with Crippen molar-refractivity contribution in [2.24, 2.45) is 0 Å². The molecule has 0 saturated heterocycles. The average Bonchev–Trinajstić information content (AvgIpc) is 2.36. The molecule has 2 aromatic carbocycles. The van der Waals surface area contributed by atoms with Gasteiger partial charge in [0.25, 0.3) is 0 Å². The van der Waals surface area contributed by atoms with Crippen LogP contribution in [0.1, 0.15) is 5.56 Å². The Kier molecular flexibility index (Phi) is 3.75. The lowest BCUT2D eigenvalue weighted by molar-refractivity contribution is 1.46. The molecule has 5 heteroatoms. The Morgan fingerprint density at radius 3 is 2.61 bits per heavy atom. The minimum atomic E-state index is 0.584. The number of nitrogens with one attached hydrogen (secondary N) is 1. The number of hydrogen-bond acceptors (Lipinski definition) is 3. The standard InChI is InChI=1S/C13H9BrClN3/c14-10-5-8(7-16)1-4-12(10)18-13-6-9(17)2-3-11(13)15/h1-6,18H,17H2. The Morgan fingerprint density at radius 1 is 1.17 bits per heavy atom. The van der Waals surface area contributed by atoms with E-state index in [0.29, 0.717) is 16.3 Å². The highest BCUT2D eigenvalue weighted by Crippen LogP contribution is 2.31. The second kappa shape index (κ2) is 5.30. The van der Waals surface area contributed by atoms with E-state index in [1.165, 1.54) is 0 Å². The van der Waals surface area contributed by atoms with Crippen LogP contribution in [0.5, 0.6) is 0 Å². The largest absolute Gasteiger partial charge is 0.399 e. The van der Waals surface area contributed by atoms with Crippen LogP contribution >= 0.6 is 27.5 Å². The molecule has 0 heterocycles. The first-order chi connectivity index (χ1) is 8.60. The first kappa shape index (κ1) is 12.7. The number of nitrogen functional groups attached to an aromatic ring is 1. The van der Waals surface area contributed by atoms with Gasteiger partial charge in [-0.3, -0.25) is 0 Å². The molecule has 2 aromatic rings. The van der Waals surface area contributed by atoms with Crippen molar-refractivity contribution in [3.63, 3.8) is 0 Å².